The third-order valence-electron chi connectivity index (χ3n) is 2.88. The largest absolute Gasteiger partial charge is 0.534 e. The molecule has 0 N–H and O–H groups in total. The van der Waals surface area contributed by atoms with Crippen LogP contribution in [0.1, 0.15) is 5.56 Å². The molecule has 2 rings (SSSR count). The normalized spacial score (nSPS) is 12.9. The molecule has 0 fully saturated rings. The fourth-order valence-electron chi connectivity index (χ4n) is 1.92. The highest BCUT2D eigenvalue weighted by molar-refractivity contribution is 7.88. The Morgan fingerprint density at radius 2 is 1.38 bits per heavy atom. The van der Waals surface area contributed by atoms with Gasteiger partial charge in [0.25, 0.3) is 0 Å². The highest BCUT2D eigenvalue weighted by Gasteiger charge is 2.50. The first-order valence-electron chi connectivity index (χ1n) is 6.20. The summed E-state index contributed by atoms with van der Waals surface area (Å²) >= 11 is 0. The van der Waals surface area contributed by atoms with Crippen molar-refractivity contribution in [1.82, 2.24) is 0 Å². The quantitative estimate of drug-likeness (QED) is 0.451. The average Bonchev–Trinajstić information content (AvgIpc) is 2.45. The minimum absolute atomic E-state index is 0.0414. The van der Waals surface area contributed by atoms with Crippen LogP contribution in [0.4, 0.5) is 26.3 Å². The van der Waals surface area contributed by atoms with Crippen LogP contribution in [-0.2, 0) is 16.3 Å². The van der Waals surface area contributed by atoms with Crippen molar-refractivity contribution in [2.45, 2.75) is 11.7 Å². The van der Waals surface area contributed by atoms with E-state index < -0.39 is 38.7 Å². The molecule has 0 saturated heterocycles. The number of hydrogen-bond acceptors (Lipinski definition) is 3. The predicted octanol–water partition coefficient (Wildman–Crippen LogP) is 4.60. The summed E-state index contributed by atoms with van der Waals surface area (Å²) in [7, 11) is -6.23. The number of benzene rings is 2. The molecule has 0 bridgehead atoms. The summed E-state index contributed by atoms with van der Waals surface area (Å²) in [4.78, 5) is 0. The van der Waals surface area contributed by atoms with Gasteiger partial charge in [0.15, 0.2) is 5.75 Å². The molecule has 0 radical (unpaired) electrons. The monoisotopic (exact) mass is 370 g/mol. The van der Waals surface area contributed by atoms with Crippen molar-refractivity contribution in [3.8, 4) is 16.9 Å². The van der Waals surface area contributed by atoms with Gasteiger partial charge in [-0.05, 0) is 17.2 Å². The molecule has 0 amide bonds. The van der Waals surface area contributed by atoms with Crippen molar-refractivity contribution >= 4 is 10.1 Å². The Balaban J connectivity index is 2.67. The molecule has 2 aromatic carbocycles. The lowest BCUT2D eigenvalue weighted by atomic mass is 9.98. The van der Waals surface area contributed by atoms with E-state index in [0.29, 0.717) is 6.07 Å². The van der Waals surface area contributed by atoms with Gasteiger partial charge in [-0.2, -0.15) is 34.8 Å². The third-order valence-corrected chi connectivity index (χ3v) is 3.84. The summed E-state index contributed by atoms with van der Waals surface area (Å²) in [5, 5.41) is 0. The van der Waals surface area contributed by atoms with E-state index >= 15 is 0 Å². The van der Waals surface area contributed by atoms with Gasteiger partial charge < -0.3 is 4.18 Å². The van der Waals surface area contributed by atoms with Gasteiger partial charge in [0.05, 0.1) is 0 Å². The molecule has 130 valence electrons. The molecule has 0 aliphatic rings. The number of alkyl halides is 6. The number of hydrogen-bond donors (Lipinski definition) is 0. The maximum atomic E-state index is 13.3. The molecule has 0 aliphatic carbocycles. The van der Waals surface area contributed by atoms with Crippen LogP contribution in [0.5, 0.6) is 5.75 Å². The summed E-state index contributed by atoms with van der Waals surface area (Å²) in [6, 6.07) is 9.47. The molecule has 0 heterocycles. The SMILES string of the molecule is O=S(=O)(Oc1cccc(-c2ccccc2)c1C(F)(F)F)C(F)(F)F. The highest BCUT2D eigenvalue weighted by atomic mass is 32.2. The van der Waals surface area contributed by atoms with Crippen molar-refractivity contribution in [2.24, 2.45) is 0 Å². The number of halogens is 6. The lowest BCUT2D eigenvalue weighted by molar-refractivity contribution is -0.138. The van der Waals surface area contributed by atoms with Crippen LogP contribution in [0.15, 0.2) is 48.5 Å². The zero-order valence-electron chi connectivity index (χ0n) is 11.5. The molecular formula is C14H8F6O3S. The Kier molecular flexibility index (Phi) is 4.53. The summed E-state index contributed by atoms with van der Waals surface area (Å²) in [5.74, 6) is -1.44. The van der Waals surface area contributed by atoms with Crippen molar-refractivity contribution in [2.75, 3.05) is 0 Å². The van der Waals surface area contributed by atoms with Crippen LogP contribution in [0.3, 0.4) is 0 Å². The van der Waals surface area contributed by atoms with E-state index in [1.807, 2.05) is 0 Å². The van der Waals surface area contributed by atoms with E-state index in [4.69, 9.17) is 0 Å². The van der Waals surface area contributed by atoms with Gasteiger partial charge in [0.2, 0.25) is 0 Å². The second kappa shape index (κ2) is 6.00. The van der Waals surface area contributed by atoms with E-state index in [9.17, 15) is 34.8 Å². The molecule has 24 heavy (non-hydrogen) atoms. The minimum atomic E-state index is -6.23. The zero-order chi connectivity index (χ0) is 18.2. The summed E-state index contributed by atoms with van der Waals surface area (Å²) < 4.78 is 103. The second-order valence-electron chi connectivity index (χ2n) is 4.53. The fraction of sp³-hybridized carbons (Fsp3) is 0.143. The second-order valence-corrected chi connectivity index (χ2v) is 6.06. The lowest BCUT2D eigenvalue weighted by Gasteiger charge is -2.18. The Bertz CT molecular complexity index is 826. The first-order chi connectivity index (χ1) is 10.9. The van der Waals surface area contributed by atoms with Crippen LogP contribution >= 0.6 is 0 Å². The molecule has 10 heteroatoms. The van der Waals surface area contributed by atoms with Crippen LogP contribution in [0.25, 0.3) is 11.1 Å². The maximum absolute atomic E-state index is 13.3. The van der Waals surface area contributed by atoms with Crippen LogP contribution in [-0.4, -0.2) is 13.9 Å². The van der Waals surface area contributed by atoms with Crippen LogP contribution in [0.2, 0.25) is 0 Å². The first kappa shape index (κ1) is 18.1. The van der Waals surface area contributed by atoms with Gasteiger partial charge in [0.1, 0.15) is 5.56 Å². The van der Waals surface area contributed by atoms with E-state index in [0.717, 1.165) is 12.1 Å². The molecular weight excluding hydrogens is 362 g/mol. The first-order valence-corrected chi connectivity index (χ1v) is 7.61. The van der Waals surface area contributed by atoms with E-state index in [1.165, 1.54) is 30.3 Å². The molecule has 0 aromatic heterocycles. The summed E-state index contributed by atoms with van der Waals surface area (Å²) in [5.41, 5.74) is -7.92. The van der Waals surface area contributed by atoms with Gasteiger partial charge in [0, 0.05) is 0 Å². The Hall–Kier alpha value is -2.23. The molecule has 0 atom stereocenters. The molecule has 3 nitrogen and oxygen atoms in total. The smallest absolute Gasteiger partial charge is 0.375 e. The summed E-state index contributed by atoms with van der Waals surface area (Å²) in [6.45, 7) is 0. The van der Waals surface area contributed by atoms with Crippen molar-refractivity contribution in [1.29, 1.82) is 0 Å². The van der Waals surface area contributed by atoms with Gasteiger partial charge in [-0.15, -0.1) is 0 Å². The molecule has 0 aliphatic heterocycles. The average molecular weight is 370 g/mol. The van der Waals surface area contributed by atoms with Gasteiger partial charge >= 0.3 is 21.8 Å². The minimum Gasteiger partial charge on any atom is -0.375 e. The topological polar surface area (TPSA) is 43.4 Å². The van der Waals surface area contributed by atoms with Crippen molar-refractivity contribution in [3.05, 3.63) is 54.1 Å². The van der Waals surface area contributed by atoms with Gasteiger partial charge in [-0.25, -0.2) is 0 Å². The predicted molar refractivity (Wildman–Crippen MR) is 72.5 cm³/mol. The number of rotatable bonds is 3. The van der Waals surface area contributed by atoms with Gasteiger partial charge in [-0.3, -0.25) is 0 Å². The van der Waals surface area contributed by atoms with Crippen LogP contribution < -0.4 is 4.18 Å². The van der Waals surface area contributed by atoms with E-state index in [1.54, 1.807) is 0 Å². The van der Waals surface area contributed by atoms with Crippen LogP contribution in [0, 0.1) is 0 Å². The third kappa shape index (κ3) is 3.64. The van der Waals surface area contributed by atoms with E-state index in [2.05, 4.69) is 4.18 Å². The van der Waals surface area contributed by atoms with Crippen molar-refractivity contribution in [3.63, 3.8) is 0 Å². The lowest BCUT2D eigenvalue weighted by Crippen LogP contribution is -2.29. The fourth-order valence-corrected chi connectivity index (χ4v) is 2.39. The molecule has 0 unspecified atom stereocenters. The molecule has 0 spiro atoms. The standard InChI is InChI=1S/C14H8F6O3S/c15-13(16,17)12-10(9-5-2-1-3-6-9)7-4-8-11(12)23-24(21,22)14(18,19)20/h1-8H. The van der Waals surface area contributed by atoms with Gasteiger partial charge in [-0.1, -0.05) is 42.5 Å². The highest BCUT2D eigenvalue weighted by Crippen LogP contribution is 2.44. The zero-order valence-corrected chi connectivity index (χ0v) is 12.3. The van der Waals surface area contributed by atoms with Crippen molar-refractivity contribution < 1.29 is 38.9 Å². The maximum Gasteiger partial charge on any atom is 0.534 e. The Labute approximate surface area is 132 Å². The summed E-state index contributed by atoms with van der Waals surface area (Å²) in [6.07, 6.45) is -5.14. The molecule has 0 saturated carbocycles. The van der Waals surface area contributed by atoms with E-state index in [-0.39, 0.29) is 5.56 Å². The Morgan fingerprint density at radius 1 is 0.792 bits per heavy atom. The Morgan fingerprint density at radius 3 is 1.88 bits per heavy atom. The molecule has 2 aromatic rings.